The van der Waals surface area contributed by atoms with Crippen molar-refractivity contribution in [1.82, 2.24) is 9.97 Å². The number of hydrogen-bond acceptors (Lipinski definition) is 8. The van der Waals surface area contributed by atoms with Gasteiger partial charge in [-0.25, -0.2) is 9.97 Å². The van der Waals surface area contributed by atoms with Crippen LogP contribution in [0.15, 0.2) is 53.2 Å². The summed E-state index contributed by atoms with van der Waals surface area (Å²) in [5.74, 6) is 2.26. The van der Waals surface area contributed by atoms with Crippen molar-refractivity contribution in [2.75, 3.05) is 26.6 Å². The molecule has 1 N–H and O–H groups in total. The maximum atomic E-state index is 5.32. The first-order chi connectivity index (χ1) is 14.2. The van der Waals surface area contributed by atoms with Crippen LogP contribution in [0.4, 0.5) is 10.8 Å². The van der Waals surface area contributed by atoms with Crippen LogP contribution in [0.2, 0.25) is 0 Å². The van der Waals surface area contributed by atoms with Crippen molar-refractivity contribution >= 4 is 33.5 Å². The zero-order chi connectivity index (χ0) is 20.2. The van der Waals surface area contributed by atoms with Crippen molar-refractivity contribution in [2.45, 2.75) is 0 Å². The number of rotatable bonds is 7. The minimum atomic E-state index is 0.715. The fourth-order valence-corrected chi connectivity index (χ4v) is 4.30. The molecule has 29 heavy (non-hydrogen) atoms. The average Bonchev–Trinajstić information content (AvgIpc) is 3.43. The Bertz CT molecular complexity index is 1080. The van der Waals surface area contributed by atoms with Crippen LogP contribution in [-0.2, 0) is 0 Å². The van der Waals surface area contributed by atoms with E-state index < -0.39 is 0 Å². The van der Waals surface area contributed by atoms with E-state index in [9.17, 15) is 0 Å². The van der Waals surface area contributed by atoms with Crippen LogP contribution in [0, 0.1) is 0 Å². The van der Waals surface area contributed by atoms with Crippen LogP contribution in [0.5, 0.6) is 17.2 Å². The highest BCUT2D eigenvalue weighted by Gasteiger charge is 2.11. The van der Waals surface area contributed by atoms with E-state index in [1.807, 2.05) is 53.2 Å². The molecule has 0 fully saturated rings. The quantitative estimate of drug-likeness (QED) is 0.410. The second kappa shape index (κ2) is 8.50. The molecule has 2 aromatic carbocycles. The van der Waals surface area contributed by atoms with Crippen LogP contribution >= 0.6 is 22.7 Å². The number of ether oxygens (including phenoxy) is 3. The summed E-state index contributed by atoms with van der Waals surface area (Å²) in [5, 5.41) is 8.99. The van der Waals surface area contributed by atoms with Gasteiger partial charge in [-0.15, -0.1) is 22.7 Å². The number of nitrogens with one attached hydrogen (secondary N) is 1. The third-order valence-corrected chi connectivity index (χ3v) is 5.84. The third-order valence-electron chi connectivity index (χ3n) is 4.22. The van der Waals surface area contributed by atoms with E-state index >= 15 is 0 Å². The van der Waals surface area contributed by atoms with Crippen LogP contribution in [0.25, 0.3) is 22.0 Å². The molecule has 0 unspecified atom stereocenters. The highest BCUT2D eigenvalue weighted by Crippen LogP contribution is 2.34. The minimum absolute atomic E-state index is 0.715. The number of thiazole rings is 2. The smallest absolute Gasteiger partial charge is 0.187 e. The maximum absolute atomic E-state index is 5.32. The lowest BCUT2D eigenvalue weighted by Gasteiger charge is -2.08. The fraction of sp³-hybridized carbons (Fsp3) is 0.143. The molecular weight excluding hydrogens is 406 g/mol. The molecule has 0 amide bonds. The van der Waals surface area contributed by atoms with Crippen molar-refractivity contribution in [3.05, 3.63) is 53.2 Å². The lowest BCUT2D eigenvalue weighted by Crippen LogP contribution is -1.93. The number of methoxy groups -OCH3 is 3. The molecule has 0 spiro atoms. The average molecular weight is 426 g/mol. The van der Waals surface area contributed by atoms with Gasteiger partial charge in [0.15, 0.2) is 5.13 Å². The first-order valence-electron chi connectivity index (χ1n) is 8.74. The Balaban J connectivity index is 1.53. The topological polar surface area (TPSA) is 65.5 Å². The fourth-order valence-electron chi connectivity index (χ4n) is 2.72. The first-order valence-corrected chi connectivity index (χ1v) is 10.5. The normalized spacial score (nSPS) is 10.6. The van der Waals surface area contributed by atoms with E-state index in [-0.39, 0.29) is 0 Å². The van der Waals surface area contributed by atoms with Crippen molar-refractivity contribution in [1.29, 1.82) is 0 Å². The summed E-state index contributed by atoms with van der Waals surface area (Å²) in [6.07, 6.45) is 0. The molecule has 4 aromatic rings. The van der Waals surface area contributed by atoms with Gasteiger partial charge in [-0.2, -0.15) is 0 Å². The van der Waals surface area contributed by atoms with Gasteiger partial charge < -0.3 is 19.5 Å². The molecular formula is C21H19N3O3S2. The van der Waals surface area contributed by atoms with Gasteiger partial charge in [-0.1, -0.05) is 0 Å². The van der Waals surface area contributed by atoms with E-state index in [4.69, 9.17) is 19.2 Å². The molecule has 0 aliphatic heterocycles. The molecule has 2 heterocycles. The van der Waals surface area contributed by atoms with E-state index in [1.165, 1.54) is 11.3 Å². The molecule has 0 aliphatic rings. The zero-order valence-corrected chi connectivity index (χ0v) is 17.8. The summed E-state index contributed by atoms with van der Waals surface area (Å²) in [6.45, 7) is 0. The van der Waals surface area contributed by atoms with Crippen LogP contribution in [0.1, 0.15) is 0 Å². The molecule has 4 rings (SSSR count). The Morgan fingerprint density at radius 1 is 0.724 bits per heavy atom. The molecule has 0 aliphatic carbocycles. The number of nitrogens with zero attached hydrogens (tertiary/aromatic N) is 2. The lowest BCUT2D eigenvalue weighted by molar-refractivity contribution is 0.395. The second-order valence-corrected chi connectivity index (χ2v) is 7.75. The molecule has 0 bridgehead atoms. The Kier molecular flexibility index (Phi) is 5.64. The molecule has 0 radical (unpaired) electrons. The second-order valence-electron chi connectivity index (χ2n) is 6.03. The minimum Gasteiger partial charge on any atom is -0.497 e. The Labute approximate surface area is 176 Å². The molecule has 6 nitrogen and oxygen atoms in total. The largest absolute Gasteiger partial charge is 0.497 e. The molecule has 8 heteroatoms. The third kappa shape index (κ3) is 4.33. The van der Waals surface area contributed by atoms with E-state index in [2.05, 4.69) is 10.3 Å². The number of benzene rings is 2. The van der Waals surface area contributed by atoms with Gasteiger partial charge in [0.05, 0.1) is 27.0 Å². The Morgan fingerprint density at radius 3 is 2.03 bits per heavy atom. The molecule has 0 saturated carbocycles. The molecule has 2 aromatic heterocycles. The Hall–Kier alpha value is -3.10. The molecule has 148 valence electrons. The van der Waals surface area contributed by atoms with Crippen molar-refractivity contribution in [3.63, 3.8) is 0 Å². The highest BCUT2D eigenvalue weighted by molar-refractivity contribution is 7.15. The van der Waals surface area contributed by atoms with E-state index in [0.717, 1.165) is 38.5 Å². The summed E-state index contributed by atoms with van der Waals surface area (Å²) in [4.78, 5) is 9.41. The molecule has 0 saturated heterocycles. The predicted molar refractivity (Wildman–Crippen MR) is 118 cm³/mol. The highest BCUT2D eigenvalue weighted by atomic mass is 32.1. The SMILES string of the molecule is COc1ccc(-c2csc(-c3csc(Nc4cc(OC)cc(OC)c4)n3)n2)cc1. The summed E-state index contributed by atoms with van der Waals surface area (Å²) >= 11 is 3.10. The van der Waals surface area contributed by atoms with Crippen molar-refractivity contribution < 1.29 is 14.2 Å². The summed E-state index contributed by atoms with van der Waals surface area (Å²) < 4.78 is 15.8. The summed E-state index contributed by atoms with van der Waals surface area (Å²) in [5.41, 5.74) is 3.66. The van der Waals surface area contributed by atoms with Crippen LogP contribution < -0.4 is 19.5 Å². The summed E-state index contributed by atoms with van der Waals surface area (Å²) in [7, 11) is 4.91. The van der Waals surface area contributed by atoms with Gasteiger partial charge in [0.25, 0.3) is 0 Å². The summed E-state index contributed by atoms with van der Waals surface area (Å²) in [6, 6.07) is 13.5. The van der Waals surface area contributed by atoms with Gasteiger partial charge in [0.2, 0.25) is 0 Å². The monoisotopic (exact) mass is 425 g/mol. The van der Waals surface area contributed by atoms with Crippen LogP contribution in [-0.4, -0.2) is 31.3 Å². The van der Waals surface area contributed by atoms with Gasteiger partial charge >= 0.3 is 0 Å². The first kappa shape index (κ1) is 19.2. The van der Waals surface area contributed by atoms with Crippen molar-refractivity contribution in [3.8, 4) is 39.2 Å². The number of aromatic nitrogens is 2. The van der Waals surface area contributed by atoms with E-state index in [0.29, 0.717) is 11.5 Å². The Morgan fingerprint density at radius 2 is 1.38 bits per heavy atom. The number of hydrogen-bond donors (Lipinski definition) is 1. The lowest BCUT2D eigenvalue weighted by atomic mass is 10.2. The van der Waals surface area contributed by atoms with Gasteiger partial charge in [-0.05, 0) is 24.3 Å². The standard InChI is InChI=1S/C21H19N3O3S2/c1-25-15-6-4-13(5-7-15)18-11-28-20(23-18)19-12-29-21(24-19)22-14-8-16(26-2)10-17(9-14)27-3/h4-12H,1-3H3,(H,22,24). The predicted octanol–water partition coefficient (Wildman–Crippen LogP) is 5.70. The van der Waals surface area contributed by atoms with Gasteiger partial charge in [0.1, 0.15) is 28.0 Å². The van der Waals surface area contributed by atoms with Crippen molar-refractivity contribution in [2.24, 2.45) is 0 Å². The van der Waals surface area contributed by atoms with E-state index in [1.54, 1.807) is 32.7 Å². The van der Waals surface area contributed by atoms with Gasteiger partial charge in [-0.3, -0.25) is 0 Å². The number of anilines is 2. The molecule has 0 atom stereocenters. The van der Waals surface area contributed by atoms with Crippen LogP contribution in [0.3, 0.4) is 0 Å². The van der Waals surface area contributed by atoms with Gasteiger partial charge in [0, 0.05) is 40.2 Å². The zero-order valence-electron chi connectivity index (χ0n) is 16.1. The maximum Gasteiger partial charge on any atom is 0.187 e.